The highest BCUT2D eigenvalue weighted by Gasteiger charge is 2.39. The van der Waals surface area contributed by atoms with Crippen molar-refractivity contribution >= 4 is 15.9 Å². The van der Waals surface area contributed by atoms with Crippen LogP contribution in [0.25, 0.3) is 0 Å². The molecule has 0 amide bonds. The molecule has 5 heteroatoms. The molecule has 18 heavy (non-hydrogen) atoms. The third-order valence-corrected chi connectivity index (χ3v) is 4.22. The first-order valence-corrected chi connectivity index (χ1v) is 7.30. The van der Waals surface area contributed by atoms with Crippen LogP contribution in [0.2, 0.25) is 0 Å². The smallest absolute Gasteiger partial charge is 0.125 e. The molecule has 0 radical (unpaired) electrons. The van der Waals surface area contributed by atoms with Crippen molar-refractivity contribution in [2.45, 2.75) is 57.8 Å². The number of hydrogen-bond donors (Lipinski definition) is 1. The van der Waals surface area contributed by atoms with Gasteiger partial charge in [0.15, 0.2) is 0 Å². The van der Waals surface area contributed by atoms with E-state index in [2.05, 4.69) is 34.9 Å². The molecule has 102 valence electrons. The summed E-state index contributed by atoms with van der Waals surface area (Å²) >= 11 is 3.48. The van der Waals surface area contributed by atoms with E-state index in [4.69, 9.17) is 4.74 Å². The van der Waals surface area contributed by atoms with Gasteiger partial charge >= 0.3 is 0 Å². The van der Waals surface area contributed by atoms with Crippen molar-refractivity contribution in [3.63, 3.8) is 0 Å². The average Bonchev–Trinajstić information content (AvgIpc) is 2.71. The van der Waals surface area contributed by atoms with Crippen molar-refractivity contribution in [2.24, 2.45) is 0 Å². The maximum Gasteiger partial charge on any atom is 0.125 e. The van der Waals surface area contributed by atoms with Gasteiger partial charge < -0.3 is 9.84 Å². The summed E-state index contributed by atoms with van der Waals surface area (Å²) < 4.78 is 8.53. The number of aliphatic hydroxyl groups excluding tert-OH is 1. The molecule has 2 heterocycles. The second-order valence-corrected chi connectivity index (χ2v) is 6.29. The highest BCUT2D eigenvalue weighted by atomic mass is 79.9. The molecule has 0 bridgehead atoms. The molecule has 0 aromatic carbocycles. The molecule has 1 aromatic rings. The number of aliphatic hydroxyl groups is 1. The maximum absolute atomic E-state index is 10.7. The first-order chi connectivity index (χ1) is 8.46. The van der Waals surface area contributed by atoms with Crippen LogP contribution in [-0.2, 0) is 4.74 Å². The van der Waals surface area contributed by atoms with Crippen molar-refractivity contribution in [1.29, 1.82) is 0 Å². The second kappa shape index (κ2) is 5.31. The predicted octanol–water partition coefficient (Wildman–Crippen LogP) is 3.22. The zero-order valence-electron chi connectivity index (χ0n) is 11.2. The average molecular weight is 317 g/mol. The zero-order valence-corrected chi connectivity index (χ0v) is 12.8. The standard InChI is InChI=1S/C13H21BrN2O2/c1-9(2)16-11(10(14)8-15-16)12(17)13(3)6-4-5-7-18-13/h8-9,12,17H,4-7H2,1-3H3. The van der Waals surface area contributed by atoms with Crippen LogP contribution in [0.3, 0.4) is 0 Å². The lowest BCUT2D eigenvalue weighted by molar-refractivity contribution is -0.141. The third kappa shape index (κ3) is 2.49. The monoisotopic (exact) mass is 316 g/mol. The number of halogens is 1. The van der Waals surface area contributed by atoms with Crippen LogP contribution in [0.15, 0.2) is 10.7 Å². The Balaban J connectivity index is 2.32. The van der Waals surface area contributed by atoms with E-state index in [-0.39, 0.29) is 6.04 Å². The van der Waals surface area contributed by atoms with Crippen molar-refractivity contribution in [1.82, 2.24) is 9.78 Å². The van der Waals surface area contributed by atoms with Gasteiger partial charge in [-0.1, -0.05) is 0 Å². The van der Waals surface area contributed by atoms with E-state index >= 15 is 0 Å². The van der Waals surface area contributed by atoms with Crippen molar-refractivity contribution in [2.75, 3.05) is 6.61 Å². The van der Waals surface area contributed by atoms with E-state index in [1.54, 1.807) is 6.20 Å². The molecular formula is C13H21BrN2O2. The van der Waals surface area contributed by atoms with Crippen molar-refractivity contribution in [3.05, 3.63) is 16.4 Å². The SMILES string of the molecule is CC(C)n1ncc(Br)c1C(O)C1(C)CCCCO1. The van der Waals surface area contributed by atoms with Gasteiger partial charge in [-0.15, -0.1) is 0 Å². The van der Waals surface area contributed by atoms with E-state index in [0.29, 0.717) is 0 Å². The minimum absolute atomic E-state index is 0.216. The first kappa shape index (κ1) is 14.0. The van der Waals surface area contributed by atoms with Crippen molar-refractivity contribution in [3.8, 4) is 0 Å². The number of rotatable bonds is 3. The topological polar surface area (TPSA) is 47.3 Å². The van der Waals surface area contributed by atoms with Gasteiger partial charge in [-0.2, -0.15) is 5.10 Å². The number of hydrogen-bond acceptors (Lipinski definition) is 3. The fourth-order valence-electron chi connectivity index (χ4n) is 2.48. The molecule has 1 fully saturated rings. The fraction of sp³-hybridized carbons (Fsp3) is 0.769. The van der Waals surface area contributed by atoms with Crippen LogP contribution >= 0.6 is 15.9 Å². The van der Waals surface area contributed by atoms with Gasteiger partial charge in [0.05, 0.1) is 22.0 Å². The molecule has 2 atom stereocenters. The lowest BCUT2D eigenvalue weighted by Crippen LogP contribution is -2.40. The van der Waals surface area contributed by atoms with E-state index in [9.17, 15) is 5.11 Å². The lowest BCUT2D eigenvalue weighted by atomic mass is 9.88. The Bertz CT molecular complexity index is 411. The van der Waals surface area contributed by atoms with Crippen LogP contribution in [0.1, 0.15) is 57.9 Å². The molecule has 2 rings (SSSR count). The highest BCUT2D eigenvalue weighted by Crippen LogP contribution is 2.39. The Morgan fingerprint density at radius 1 is 1.50 bits per heavy atom. The molecule has 1 aliphatic heterocycles. The second-order valence-electron chi connectivity index (χ2n) is 5.44. The zero-order chi connectivity index (χ0) is 13.3. The highest BCUT2D eigenvalue weighted by molar-refractivity contribution is 9.10. The summed E-state index contributed by atoms with van der Waals surface area (Å²) in [5.41, 5.74) is 0.308. The van der Waals surface area contributed by atoms with Gasteiger partial charge in [0.1, 0.15) is 6.10 Å². The summed E-state index contributed by atoms with van der Waals surface area (Å²) in [6.07, 6.45) is 4.14. The Hall–Kier alpha value is -0.390. The molecule has 0 aliphatic carbocycles. The maximum atomic E-state index is 10.7. The Morgan fingerprint density at radius 2 is 2.22 bits per heavy atom. The van der Waals surface area contributed by atoms with Crippen LogP contribution in [0.4, 0.5) is 0 Å². The Morgan fingerprint density at radius 3 is 2.78 bits per heavy atom. The third-order valence-electron chi connectivity index (χ3n) is 3.61. The largest absolute Gasteiger partial charge is 0.384 e. The molecule has 2 unspecified atom stereocenters. The fourth-order valence-corrected chi connectivity index (χ4v) is 2.97. The van der Waals surface area contributed by atoms with Gasteiger partial charge in [0.2, 0.25) is 0 Å². The summed E-state index contributed by atoms with van der Waals surface area (Å²) in [5, 5.41) is 15.0. The molecule has 0 saturated carbocycles. The van der Waals surface area contributed by atoms with Crippen LogP contribution in [0.5, 0.6) is 0 Å². The molecule has 1 aliphatic rings. The van der Waals surface area contributed by atoms with E-state index < -0.39 is 11.7 Å². The molecular weight excluding hydrogens is 296 g/mol. The van der Waals surface area contributed by atoms with Gasteiger partial charge in [0, 0.05) is 12.6 Å². The summed E-state index contributed by atoms with van der Waals surface area (Å²) in [6, 6.07) is 0.216. The molecule has 1 aromatic heterocycles. The summed E-state index contributed by atoms with van der Waals surface area (Å²) in [7, 11) is 0. The molecule has 4 nitrogen and oxygen atoms in total. The summed E-state index contributed by atoms with van der Waals surface area (Å²) in [6.45, 7) is 6.82. The summed E-state index contributed by atoms with van der Waals surface area (Å²) in [5.74, 6) is 0. The summed E-state index contributed by atoms with van der Waals surface area (Å²) in [4.78, 5) is 0. The van der Waals surface area contributed by atoms with E-state index in [1.165, 1.54) is 0 Å². The van der Waals surface area contributed by atoms with Gasteiger partial charge in [-0.25, -0.2) is 0 Å². The van der Waals surface area contributed by atoms with E-state index in [0.717, 1.165) is 36.0 Å². The number of nitrogens with zero attached hydrogens (tertiary/aromatic N) is 2. The Kier molecular flexibility index (Phi) is 4.14. The number of aromatic nitrogens is 2. The predicted molar refractivity (Wildman–Crippen MR) is 73.5 cm³/mol. The van der Waals surface area contributed by atoms with Crippen LogP contribution in [-0.4, -0.2) is 27.1 Å². The lowest BCUT2D eigenvalue weighted by Gasteiger charge is -2.38. The number of ether oxygens (including phenoxy) is 1. The van der Waals surface area contributed by atoms with Gasteiger partial charge in [-0.3, -0.25) is 4.68 Å². The van der Waals surface area contributed by atoms with Crippen molar-refractivity contribution < 1.29 is 9.84 Å². The minimum atomic E-state index is -0.655. The normalized spacial score (nSPS) is 26.6. The molecule has 0 spiro atoms. The Labute approximate surface area is 116 Å². The van der Waals surface area contributed by atoms with Gasteiger partial charge in [0.25, 0.3) is 0 Å². The van der Waals surface area contributed by atoms with E-state index in [1.807, 2.05) is 11.6 Å². The quantitative estimate of drug-likeness (QED) is 0.931. The van der Waals surface area contributed by atoms with Crippen LogP contribution < -0.4 is 0 Å². The molecule has 1 N–H and O–H groups in total. The van der Waals surface area contributed by atoms with Gasteiger partial charge in [-0.05, 0) is 56.0 Å². The first-order valence-electron chi connectivity index (χ1n) is 6.50. The molecule has 1 saturated heterocycles. The van der Waals surface area contributed by atoms with Crippen LogP contribution in [0, 0.1) is 0 Å². The minimum Gasteiger partial charge on any atom is -0.384 e.